The maximum atomic E-state index is 11.8. The van der Waals surface area contributed by atoms with Crippen LogP contribution in [0.4, 0.5) is 0 Å². The van der Waals surface area contributed by atoms with Gasteiger partial charge < -0.3 is 5.11 Å². The molecule has 1 aromatic carbocycles. The topological polar surface area (TPSA) is 79.5 Å². The lowest BCUT2D eigenvalue weighted by Crippen LogP contribution is -2.19. The number of aromatic nitrogens is 2. The molecular formula is C14H16N4O2. The first-order valence-corrected chi connectivity index (χ1v) is 6.26. The molecule has 1 aromatic heterocycles. The lowest BCUT2D eigenvalue weighted by atomic mass is 10.2. The second-order valence-electron chi connectivity index (χ2n) is 4.27. The van der Waals surface area contributed by atoms with E-state index in [1.54, 1.807) is 17.8 Å². The monoisotopic (exact) mass is 272 g/mol. The van der Waals surface area contributed by atoms with Crippen LogP contribution in [-0.4, -0.2) is 26.5 Å². The van der Waals surface area contributed by atoms with E-state index in [0.717, 1.165) is 12.1 Å². The minimum Gasteiger partial charge on any atom is -0.508 e. The highest BCUT2D eigenvalue weighted by Crippen LogP contribution is 2.09. The van der Waals surface area contributed by atoms with Crippen LogP contribution in [0.25, 0.3) is 0 Å². The highest BCUT2D eigenvalue weighted by atomic mass is 16.3. The quantitative estimate of drug-likeness (QED) is 0.657. The number of hydrazone groups is 1. The van der Waals surface area contributed by atoms with E-state index in [9.17, 15) is 4.79 Å². The Kier molecular flexibility index (Phi) is 4.14. The fraction of sp³-hybridized carbons (Fsp3) is 0.214. The van der Waals surface area contributed by atoms with Gasteiger partial charge in [0.25, 0.3) is 5.91 Å². The lowest BCUT2D eigenvalue weighted by molar-refractivity contribution is 0.0955. The predicted octanol–water partition coefficient (Wildman–Crippen LogP) is 1.76. The molecule has 0 aliphatic heterocycles. The summed E-state index contributed by atoms with van der Waals surface area (Å²) in [6.07, 6.45) is 3.57. The van der Waals surface area contributed by atoms with Crippen LogP contribution in [0.1, 0.15) is 29.8 Å². The van der Waals surface area contributed by atoms with E-state index in [2.05, 4.69) is 15.6 Å². The zero-order valence-corrected chi connectivity index (χ0v) is 11.4. The van der Waals surface area contributed by atoms with Gasteiger partial charge in [-0.15, -0.1) is 0 Å². The number of nitrogens with zero attached hydrogens (tertiary/aromatic N) is 3. The molecule has 2 rings (SSSR count). The van der Waals surface area contributed by atoms with Crippen LogP contribution >= 0.6 is 0 Å². The van der Waals surface area contributed by atoms with E-state index in [0.29, 0.717) is 11.3 Å². The smallest absolute Gasteiger partial charge is 0.271 e. The molecule has 0 fully saturated rings. The SMILES string of the molecule is CCn1cc(/C(C)=N/NC(=O)c2ccc(O)cc2)cn1. The Morgan fingerprint density at radius 3 is 2.65 bits per heavy atom. The number of amides is 1. The summed E-state index contributed by atoms with van der Waals surface area (Å²) in [5.41, 5.74) is 4.44. The van der Waals surface area contributed by atoms with Gasteiger partial charge in [-0.05, 0) is 38.1 Å². The molecule has 0 radical (unpaired) electrons. The van der Waals surface area contributed by atoms with Crippen molar-refractivity contribution in [2.75, 3.05) is 0 Å². The number of hydrogen-bond donors (Lipinski definition) is 2. The Hall–Kier alpha value is -2.63. The molecular weight excluding hydrogens is 256 g/mol. The van der Waals surface area contributed by atoms with Crippen molar-refractivity contribution in [2.24, 2.45) is 5.10 Å². The van der Waals surface area contributed by atoms with Crippen molar-refractivity contribution in [3.05, 3.63) is 47.8 Å². The number of carbonyl (C=O) groups excluding carboxylic acids is 1. The van der Waals surface area contributed by atoms with Crippen molar-refractivity contribution in [2.45, 2.75) is 20.4 Å². The van der Waals surface area contributed by atoms with Crippen molar-refractivity contribution in [1.82, 2.24) is 15.2 Å². The van der Waals surface area contributed by atoms with Gasteiger partial charge in [0.2, 0.25) is 0 Å². The van der Waals surface area contributed by atoms with E-state index in [1.165, 1.54) is 24.3 Å². The van der Waals surface area contributed by atoms with Gasteiger partial charge in [0.05, 0.1) is 11.9 Å². The lowest BCUT2D eigenvalue weighted by Gasteiger charge is -2.01. The molecule has 0 saturated carbocycles. The number of phenolic OH excluding ortho intramolecular Hbond substituents is 1. The fourth-order valence-electron chi connectivity index (χ4n) is 1.60. The highest BCUT2D eigenvalue weighted by molar-refractivity contribution is 6.00. The number of carbonyl (C=O) groups is 1. The summed E-state index contributed by atoms with van der Waals surface area (Å²) >= 11 is 0. The van der Waals surface area contributed by atoms with E-state index in [-0.39, 0.29) is 11.7 Å². The van der Waals surface area contributed by atoms with Crippen LogP contribution in [0.3, 0.4) is 0 Å². The zero-order valence-electron chi connectivity index (χ0n) is 11.4. The van der Waals surface area contributed by atoms with E-state index in [1.807, 2.05) is 13.1 Å². The first kappa shape index (κ1) is 13.8. The number of aryl methyl sites for hydroxylation is 1. The summed E-state index contributed by atoms with van der Waals surface area (Å²) in [6, 6.07) is 5.97. The molecule has 1 amide bonds. The summed E-state index contributed by atoms with van der Waals surface area (Å²) in [6.45, 7) is 4.58. The second-order valence-corrected chi connectivity index (χ2v) is 4.27. The number of hydrogen-bond acceptors (Lipinski definition) is 4. The van der Waals surface area contributed by atoms with Crippen LogP contribution < -0.4 is 5.43 Å². The van der Waals surface area contributed by atoms with Crippen LogP contribution in [0.5, 0.6) is 5.75 Å². The molecule has 0 bridgehead atoms. The Bertz CT molecular complexity index is 629. The average molecular weight is 272 g/mol. The summed E-state index contributed by atoms with van der Waals surface area (Å²) in [4.78, 5) is 11.8. The number of rotatable bonds is 4. The van der Waals surface area contributed by atoms with Crippen LogP contribution in [0.15, 0.2) is 41.8 Å². The third-order valence-corrected chi connectivity index (χ3v) is 2.83. The minimum absolute atomic E-state index is 0.119. The summed E-state index contributed by atoms with van der Waals surface area (Å²) in [5, 5.41) is 17.4. The van der Waals surface area contributed by atoms with Crippen LogP contribution in [0.2, 0.25) is 0 Å². The Morgan fingerprint density at radius 1 is 1.35 bits per heavy atom. The minimum atomic E-state index is -0.327. The van der Waals surface area contributed by atoms with Gasteiger partial charge >= 0.3 is 0 Å². The fourth-order valence-corrected chi connectivity index (χ4v) is 1.60. The van der Waals surface area contributed by atoms with Gasteiger partial charge in [0, 0.05) is 23.9 Å². The third-order valence-electron chi connectivity index (χ3n) is 2.83. The van der Waals surface area contributed by atoms with E-state index < -0.39 is 0 Å². The molecule has 104 valence electrons. The molecule has 0 spiro atoms. The third kappa shape index (κ3) is 3.23. The number of phenols is 1. The van der Waals surface area contributed by atoms with Gasteiger partial charge in [-0.3, -0.25) is 9.48 Å². The average Bonchev–Trinajstić information content (AvgIpc) is 2.94. The van der Waals surface area contributed by atoms with E-state index >= 15 is 0 Å². The van der Waals surface area contributed by atoms with Crippen molar-refractivity contribution < 1.29 is 9.90 Å². The molecule has 6 nitrogen and oxygen atoms in total. The zero-order chi connectivity index (χ0) is 14.5. The van der Waals surface area contributed by atoms with Crippen molar-refractivity contribution in [1.29, 1.82) is 0 Å². The number of nitrogens with one attached hydrogen (secondary N) is 1. The summed E-state index contributed by atoms with van der Waals surface area (Å²) in [5.74, 6) is -0.208. The molecule has 2 N–H and O–H groups in total. The standard InChI is InChI=1S/C14H16N4O2/c1-3-18-9-12(8-15-18)10(2)16-17-14(20)11-4-6-13(19)7-5-11/h4-9,19H,3H2,1-2H3,(H,17,20)/b16-10+. The Morgan fingerprint density at radius 2 is 2.05 bits per heavy atom. The van der Waals surface area contributed by atoms with Gasteiger partial charge in [-0.2, -0.15) is 10.2 Å². The van der Waals surface area contributed by atoms with Crippen molar-refractivity contribution >= 4 is 11.6 Å². The van der Waals surface area contributed by atoms with Gasteiger partial charge in [-0.1, -0.05) is 0 Å². The predicted molar refractivity (Wildman–Crippen MR) is 75.7 cm³/mol. The maximum absolute atomic E-state index is 11.8. The molecule has 0 atom stereocenters. The van der Waals surface area contributed by atoms with Gasteiger partial charge in [0.1, 0.15) is 5.75 Å². The molecule has 20 heavy (non-hydrogen) atoms. The molecule has 1 heterocycles. The molecule has 2 aromatic rings. The molecule has 6 heteroatoms. The second kappa shape index (κ2) is 6.01. The first-order chi connectivity index (χ1) is 9.60. The Balaban J connectivity index is 2.04. The summed E-state index contributed by atoms with van der Waals surface area (Å²) < 4.78 is 1.79. The molecule has 0 unspecified atom stereocenters. The largest absolute Gasteiger partial charge is 0.508 e. The first-order valence-electron chi connectivity index (χ1n) is 6.26. The highest BCUT2D eigenvalue weighted by Gasteiger charge is 2.05. The van der Waals surface area contributed by atoms with Gasteiger partial charge in [0.15, 0.2) is 0 Å². The Labute approximate surface area is 116 Å². The van der Waals surface area contributed by atoms with Crippen molar-refractivity contribution in [3.8, 4) is 5.75 Å². The van der Waals surface area contributed by atoms with Crippen LogP contribution in [0, 0.1) is 0 Å². The molecule has 0 aliphatic carbocycles. The van der Waals surface area contributed by atoms with E-state index in [4.69, 9.17) is 5.11 Å². The van der Waals surface area contributed by atoms with Crippen molar-refractivity contribution in [3.63, 3.8) is 0 Å². The summed E-state index contributed by atoms with van der Waals surface area (Å²) in [7, 11) is 0. The van der Waals surface area contributed by atoms with Crippen LogP contribution in [-0.2, 0) is 6.54 Å². The molecule has 0 aliphatic rings. The number of benzene rings is 1. The maximum Gasteiger partial charge on any atom is 0.271 e. The number of aromatic hydroxyl groups is 1. The molecule has 0 saturated heterocycles. The normalized spacial score (nSPS) is 11.4. The van der Waals surface area contributed by atoms with Gasteiger partial charge in [-0.25, -0.2) is 5.43 Å².